The van der Waals surface area contributed by atoms with E-state index >= 15 is 0 Å². The van der Waals surface area contributed by atoms with Gasteiger partial charge in [0.1, 0.15) is 5.69 Å². The second-order valence-electron chi connectivity index (χ2n) is 4.75. The van der Waals surface area contributed by atoms with E-state index in [-0.39, 0.29) is 11.8 Å². The predicted octanol–water partition coefficient (Wildman–Crippen LogP) is 2.37. The number of nitrogens with zero attached hydrogens (tertiary/aromatic N) is 1. The van der Waals surface area contributed by atoms with E-state index < -0.39 is 4.92 Å². The van der Waals surface area contributed by atoms with Crippen molar-refractivity contribution >= 4 is 28.7 Å². The van der Waals surface area contributed by atoms with Gasteiger partial charge in [0.05, 0.1) is 11.0 Å². The number of nitro benzene ring substituents is 1. The Labute approximate surface area is 122 Å². The van der Waals surface area contributed by atoms with Gasteiger partial charge < -0.3 is 15.4 Å². The molecule has 1 saturated heterocycles. The van der Waals surface area contributed by atoms with E-state index in [0.717, 1.165) is 25.0 Å². The molecular formula is C13H17N3O3S. The van der Waals surface area contributed by atoms with Crippen molar-refractivity contribution in [1.29, 1.82) is 0 Å². The van der Waals surface area contributed by atoms with Crippen LogP contribution < -0.4 is 10.6 Å². The number of benzene rings is 1. The zero-order valence-corrected chi connectivity index (χ0v) is 12.0. The summed E-state index contributed by atoms with van der Waals surface area (Å²) in [5.74, 6) is 0. The number of ether oxygens (including phenoxy) is 1. The summed E-state index contributed by atoms with van der Waals surface area (Å²) in [4.78, 5) is 10.6. The van der Waals surface area contributed by atoms with E-state index in [1.807, 2.05) is 6.92 Å². The summed E-state index contributed by atoms with van der Waals surface area (Å²) in [6, 6.07) is 4.98. The third kappa shape index (κ3) is 3.88. The molecule has 2 N–H and O–H groups in total. The lowest BCUT2D eigenvalue weighted by Gasteiger charge is -2.14. The van der Waals surface area contributed by atoms with Crippen molar-refractivity contribution in [1.82, 2.24) is 5.32 Å². The Morgan fingerprint density at radius 3 is 3.05 bits per heavy atom. The minimum Gasteiger partial charge on any atom is -0.376 e. The van der Waals surface area contributed by atoms with Gasteiger partial charge in [-0.05, 0) is 43.6 Å². The summed E-state index contributed by atoms with van der Waals surface area (Å²) in [7, 11) is 0. The van der Waals surface area contributed by atoms with Gasteiger partial charge in [-0.2, -0.15) is 0 Å². The molecule has 0 spiro atoms. The second-order valence-corrected chi connectivity index (χ2v) is 5.16. The van der Waals surface area contributed by atoms with Crippen molar-refractivity contribution < 1.29 is 9.66 Å². The molecule has 1 atom stereocenters. The number of hydrogen-bond donors (Lipinski definition) is 2. The van der Waals surface area contributed by atoms with Gasteiger partial charge in [-0.1, -0.05) is 6.07 Å². The van der Waals surface area contributed by atoms with Gasteiger partial charge in [0.25, 0.3) is 5.69 Å². The van der Waals surface area contributed by atoms with Crippen LogP contribution in [0.4, 0.5) is 11.4 Å². The van der Waals surface area contributed by atoms with E-state index in [1.54, 1.807) is 12.1 Å². The fourth-order valence-electron chi connectivity index (χ4n) is 2.08. The standard InChI is InChI=1S/C13H17N3O3S/c1-9-4-5-11(12(7-9)16(17)18)15-13(20)14-8-10-3-2-6-19-10/h4-5,7,10H,2-3,6,8H2,1H3,(H2,14,15,20)/t10-/m1/s1. The Bertz CT molecular complexity index is 516. The first-order chi connectivity index (χ1) is 9.56. The largest absolute Gasteiger partial charge is 0.376 e. The molecule has 2 rings (SSSR count). The van der Waals surface area contributed by atoms with Crippen LogP contribution in [0.1, 0.15) is 18.4 Å². The third-order valence-corrected chi connectivity index (χ3v) is 3.36. The van der Waals surface area contributed by atoms with E-state index in [9.17, 15) is 10.1 Å². The molecule has 108 valence electrons. The number of hydrogen-bond acceptors (Lipinski definition) is 4. The predicted molar refractivity (Wildman–Crippen MR) is 81.0 cm³/mol. The van der Waals surface area contributed by atoms with Crippen molar-refractivity contribution in [2.45, 2.75) is 25.9 Å². The van der Waals surface area contributed by atoms with Crippen LogP contribution in [0.2, 0.25) is 0 Å². The molecule has 6 nitrogen and oxygen atoms in total. The molecule has 0 unspecified atom stereocenters. The number of thiocarbonyl (C=S) groups is 1. The Balaban J connectivity index is 1.94. The molecule has 1 aliphatic rings. The molecular weight excluding hydrogens is 278 g/mol. The fraction of sp³-hybridized carbons (Fsp3) is 0.462. The van der Waals surface area contributed by atoms with E-state index in [0.29, 0.717) is 17.3 Å². The molecule has 0 aromatic heterocycles. The van der Waals surface area contributed by atoms with Gasteiger partial charge in [-0.25, -0.2) is 0 Å². The minimum atomic E-state index is -0.419. The van der Waals surface area contributed by atoms with Gasteiger partial charge in [0.15, 0.2) is 5.11 Å². The number of rotatable bonds is 4. The Morgan fingerprint density at radius 2 is 2.40 bits per heavy atom. The van der Waals surface area contributed by atoms with Crippen LogP contribution in [0.5, 0.6) is 0 Å². The molecule has 1 fully saturated rings. The average molecular weight is 295 g/mol. The molecule has 0 aliphatic carbocycles. The molecule has 1 aromatic carbocycles. The Hall–Kier alpha value is -1.73. The first-order valence-electron chi connectivity index (χ1n) is 6.48. The van der Waals surface area contributed by atoms with Crippen LogP contribution in [0.3, 0.4) is 0 Å². The minimum absolute atomic E-state index is 0.0197. The fourth-order valence-corrected chi connectivity index (χ4v) is 2.27. The van der Waals surface area contributed by atoms with E-state index in [1.165, 1.54) is 6.07 Å². The van der Waals surface area contributed by atoms with Gasteiger partial charge >= 0.3 is 0 Å². The highest BCUT2D eigenvalue weighted by atomic mass is 32.1. The summed E-state index contributed by atoms with van der Waals surface area (Å²) in [5, 5.41) is 17.3. The number of aryl methyl sites for hydroxylation is 1. The molecule has 0 amide bonds. The quantitative estimate of drug-likeness (QED) is 0.504. The van der Waals surface area contributed by atoms with Crippen LogP contribution in [-0.4, -0.2) is 29.3 Å². The maximum atomic E-state index is 11.0. The first kappa shape index (κ1) is 14.7. The summed E-state index contributed by atoms with van der Waals surface area (Å²) >= 11 is 5.15. The monoisotopic (exact) mass is 295 g/mol. The van der Waals surface area contributed by atoms with Crippen LogP contribution in [0.15, 0.2) is 18.2 Å². The van der Waals surface area contributed by atoms with Crippen molar-refractivity contribution in [3.05, 3.63) is 33.9 Å². The lowest BCUT2D eigenvalue weighted by molar-refractivity contribution is -0.383. The van der Waals surface area contributed by atoms with Gasteiger partial charge in [0, 0.05) is 19.2 Å². The molecule has 0 radical (unpaired) electrons. The average Bonchev–Trinajstić information content (AvgIpc) is 2.91. The van der Waals surface area contributed by atoms with E-state index in [2.05, 4.69) is 10.6 Å². The lowest BCUT2D eigenvalue weighted by Crippen LogP contribution is -2.34. The van der Waals surface area contributed by atoms with Crippen LogP contribution in [0, 0.1) is 17.0 Å². The van der Waals surface area contributed by atoms with Crippen molar-refractivity contribution in [3.63, 3.8) is 0 Å². The Kier molecular flexibility index (Phi) is 4.86. The van der Waals surface area contributed by atoms with Gasteiger partial charge in [-0.15, -0.1) is 0 Å². The molecule has 0 saturated carbocycles. The van der Waals surface area contributed by atoms with Gasteiger partial charge in [0.2, 0.25) is 0 Å². The van der Waals surface area contributed by atoms with Gasteiger partial charge in [-0.3, -0.25) is 10.1 Å². The Morgan fingerprint density at radius 1 is 1.60 bits per heavy atom. The molecule has 0 bridgehead atoms. The summed E-state index contributed by atoms with van der Waals surface area (Å²) in [5.41, 5.74) is 1.25. The topological polar surface area (TPSA) is 76.4 Å². The van der Waals surface area contributed by atoms with E-state index in [4.69, 9.17) is 17.0 Å². The summed E-state index contributed by atoms with van der Waals surface area (Å²) in [6.07, 6.45) is 2.25. The summed E-state index contributed by atoms with van der Waals surface area (Å²) < 4.78 is 5.47. The van der Waals surface area contributed by atoms with Crippen molar-refractivity contribution in [2.75, 3.05) is 18.5 Å². The highest BCUT2D eigenvalue weighted by Crippen LogP contribution is 2.25. The van der Waals surface area contributed by atoms with Crippen molar-refractivity contribution in [2.24, 2.45) is 0 Å². The second kappa shape index (κ2) is 6.62. The first-order valence-corrected chi connectivity index (χ1v) is 6.88. The molecule has 1 aliphatic heterocycles. The number of nitrogens with one attached hydrogen (secondary N) is 2. The number of anilines is 1. The third-order valence-electron chi connectivity index (χ3n) is 3.11. The maximum absolute atomic E-state index is 11.0. The summed E-state index contributed by atoms with van der Waals surface area (Å²) in [6.45, 7) is 3.21. The highest BCUT2D eigenvalue weighted by Gasteiger charge is 2.17. The smallest absolute Gasteiger partial charge is 0.292 e. The van der Waals surface area contributed by atoms with Crippen LogP contribution >= 0.6 is 12.2 Å². The molecule has 1 aromatic rings. The zero-order valence-electron chi connectivity index (χ0n) is 11.2. The van der Waals surface area contributed by atoms with Crippen LogP contribution in [0.25, 0.3) is 0 Å². The van der Waals surface area contributed by atoms with Crippen molar-refractivity contribution in [3.8, 4) is 0 Å². The highest BCUT2D eigenvalue weighted by molar-refractivity contribution is 7.80. The van der Waals surface area contributed by atoms with Crippen LogP contribution in [-0.2, 0) is 4.74 Å². The molecule has 20 heavy (non-hydrogen) atoms. The maximum Gasteiger partial charge on any atom is 0.292 e. The number of nitro groups is 1. The normalized spacial score (nSPS) is 17.8. The molecule has 7 heteroatoms. The molecule has 1 heterocycles. The SMILES string of the molecule is Cc1ccc(NC(=S)NC[C@H]2CCCO2)c([N+](=O)[O-])c1. The lowest BCUT2D eigenvalue weighted by atomic mass is 10.2. The zero-order chi connectivity index (χ0) is 14.5.